The summed E-state index contributed by atoms with van der Waals surface area (Å²) in [5.74, 6) is -0.280. The van der Waals surface area contributed by atoms with E-state index >= 15 is 0 Å². The zero-order valence-corrected chi connectivity index (χ0v) is 24.3. The molecule has 0 unspecified atom stereocenters. The molecule has 37 heavy (non-hydrogen) atoms. The van der Waals surface area contributed by atoms with E-state index in [2.05, 4.69) is 41.5 Å². The standard InChI is InChI=1S/C32H48O5/c1-19(33)37-24-10-11-30(6)23(27(24,2)3)9-12-32(8)25(30)22(34)17-20-21-18-29(5,26(35)36)14-13-28(21,4)15-16-31(20,32)7/h17,21,23-25H,9-16,18H2,1-8H3,(H,35,36)/t21-,23+,24+,25+,28-,29+,30+,31-,32-/m1/s1. The summed E-state index contributed by atoms with van der Waals surface area (Å²) < 4.78 is 5.82. The number of ether oxygens (including phenoxy) is 1. The maximum atomic E-state index is 14.4. The van der Waals surface area contributed by atoms with Crippen LogP contribution in [-0.2, 0) is 19.1 Å². The second-order valence-corrected chi connectivity index (χ2v) is 15.5. The summed E-state index contributed by atoms with van der Waals surface area (Å²) in [6.45, 7) is 17.4. The van der Waals surface area contributed by atoms with Gasteiger partial charge in [0.15, 0.2) is 5.78 Å². The summed E-state index contributed by atoms with van der Waals surface area (Å²) in [5, 5.41) is 10.1. The van der Waals surface area contributed by atoms with E-state index in [1.807, 2.05) is 13.0 Å². The van der Waals surface area contributed by atoms with Crippen LogP contribution in [0.1, 0.15) is 113 Å². The third-order valence-electron chi connectivity index (χ3n) is 13.3. The van der Waals surface area contributed by atoms with E-state index in [9.17, 15) is 19.5 Å². The SMILES string of the molecule is CC(=O)O[C@H]1CC[C@@]2(C)[C@@H](CC[C@]3(C)[C@H]2C(=O)C=C2[C@H]4C[C@@](C)(C(=O)O)CC[C@]4(C)CC[C@]23C)C1(C)C. The van der Waals surface area contributed by atoms with E-state index in [1.165, 1.54) is 12.5 Å². The second kappa shape index (κ2) is 7.94. The summed E-state index contributed by atoms with van der Waals surface area (Å²) in [4.78, 5) is 38.5. The summed E-state index contributed by atoms with van der Waals surface area (Å²) in [5.41, 5.74) is -0.0327. The predicted molar refractivity (Wildman–Crippen MR) is 143 cm³/mol. The van der Waals surface area contributed by atoms with Crippen LogP contribution in [0.3, 0.4) is 0 Å². The molecule has 0 heterocycles. The molecule has 4 fully saturated rings. The van der Waals surface area contributed by atoms with Crippen molar-refractivity contribution in [1.82, 2.24) is 0 Å². The van der Waals surface area contributed by atoms with Crippen molar-refractivity contribution in [2.75, 3.05) is 0 Å². The van der Waals surface area contributed by atoms with Crippen LogP contribution in [-0.4, -0.2) is 28.9 Å². The van der Waals surface area contributed by atoms with Gasteiger partial charge in [-0.2, -0.15) is 0 Å². The van der Waals surface area contributed by atoms with Crippen LogP contribution in [0.2, 0.25) is 0 Å². The molecule has 0 aromatic rings. The molecule has 0 aliphatic heterocycles. The highest BCUT2D eigenvalue weighted by atomic mass is 16.5. The first-order valence-electron chi connectivity index (χ1n) is 14.6. The van der Waals surface area contributed by atoms with Crippen LogP contribution in [0.15, 0.2) is 11.6 Å². The Hall–Kier alpha value is -1.65. The fraction of sp³-hybridized carbons (Fsp3) is 0.844. The van der Waals surface area contributed by atoms with E-state index in [-0.39, 0.29) is 56.8 Å². The number of carboxylic acids is 1. The molecule has 4 saturated carbocycles. The van der Waals surface area contributed by atoms with Gasteiger partial charge in [-0.15, -0.1) is 0 Å². The highest BCUT2D eigenvalue weighted by Crippen LogP contribution is 2.75. The number of rotatable bonds is 2. The minimum atomic E-state index is -0.729. The highest BCUT2D eigenvalue weighted by molar-refractivity contribution is 5.95. The van der Waals surface area contributed by atoms with Crippen molar-refractivity contribution in [3.8, 4) is 0 Å². The van der Waals surface area contributed by atoms with Crippen LogP contribution in [0, 0.1) is 50.2 Å². The Morgan fingerprint density at radius 2 is 1.57 bits per heavy atom. The van der Waals surface area contributed by atoms with Crippen molar-refractivity contribution in [2.45, 2.75) is 119 Å². The number of fused-ring (bicyclic) bond motifs is 7. The zero-order valence-electron chi connectivity index (χ0n) is 24.3. The molecule has 1 N–H and O–H groups in total. The van der Waals surface area contributed by atoms with E-state index in [0.29, 0.717) is 18.8 Å². The van der Waals surface area contributed by atoms with Crippen molar-refractivity contribution < 1.29 is 24.2 Å². The Morgan fingerprint density at radius 3 is 2.19 bits per heavy atom. The molecule has 5 nitrogen and oxygen atoms in total. The maximum Gasteiger partial charge on any atom is 0.309 e. The fourth-order valence-electron chi connectivity index (χ4n) is 10.8. The predicted octanol–water partition coefficient (Wildman–Crippen LogP) is 6.98. The summed E-state index contributed by atoms with van der Waals surface area (Å²) in [6.07, 6.45) is 10.0. The molecule has 9 atom stereocenters. The summed E-state index contributed by atoms with van der Waals surface area (Å²) in [6, 6.07) is 0. The van der Waals surface area contributed by atoms with E-state index in [1.54, 1.807) is 0 Å². The number of carboxylic acid groups (broad SMARTS) is 1. The number of aliphatic carboxylic acids is 1. The van der Waals surface area contributed by atoms with E-state index < -0.39 is 11.4 Å². The van der Waals surface area contributed by atoms with Crippen LogP contribution >= 0.6 is 0 Å². The van der Waals surface area contributed by atoms with Crippen molar-refractivity contribution in [3.05, 3.63) is 11.6 Å². The van der Waals surface area contributed by atoms with Gasteiger partial charge < -0.3 is 9.84 Å². The van der Waals surface area contributed by atoms with Gasteiger partial charge in [0.2, 0.25) is 0 Å². The van der Waals surface area contributed by atoms with Crippen LogP contribution in [0.25, 0.3) is 0 Å². The molecule has 0 bridgehead atoms. The van der Waals surface area contributed by atoms with Crippen molar-refractivity contribution in [3.63, 3.8) is 0 Å². The molecule has 0 radical (unpaired) electrons. The first-order chi connectivity index (χ1) is 16.9. The minimum Gasteiger partial charge on any atom is -0.481 e. The number of hydrogen-bond acceptors (Lipinski definition) is 4. The molecule has 5 aliphatic carbocycles. The van der Waals surface area contributed by atoms with Crippen LogP contribution in [0.4, 0.5) is 0 Å². The molecule has 0 amide bonds. The number of esters is 1. The normalized spacial score (nSPS) is 50.5. The Labute approximate surface area is 223 Å². The van der Waals surface area contributed by atoms with Gasteiger partial charge in [-0.1, -0.05) is 47.1 Å². The molecule has 206 valence electrons. The molecular formula is C32H48O5. The molecular weight excluding hydrogens is 464 g/mol. The van der Waals surface area contributed by atoms with Crippen LogP contribution < -0.4 is 0 Å². The third-order valence-corrected chi connectivity index (χ3v) is 13.3. The topological polar surface area (TPSA) is 80.7 Å². The third kappa shape index (κ3) is 3.43. The Morgan fingerprint density at radius 1 is 0.919 bits per heavy atom. The second-order valence-electron chi connectivity index (χ2n) is 15.5. The molecule has 0 aromatic carbocycles. The zero-order chi connectivity index (χ0) is 27.4. The number of carbonyl (C=O) groups excluding carboxylic acids is 2. The van der Waals surface area contributed by atoms with Gasteiger partial charge in [0.05, 0.1) is 5.41 Å². The quantitative estimate of drug-likeness (QED) is 0.404. The van der Waals surface area contributed by atoms with E-state index in [4.69, 9.17) is 4.74 Å². The van der Waals surface area contributed by atoms with Gasteiger partial charge in [0.1, 0.15) is 6.10 Å². The van der Waals surface area contributed by atoms with Gasteiger partial charge in [0, 0.05) is 18.3 Å². The molecule has 0 spiro atoms. The van der Waals surface area contributed by atoms with Gasteiger partial charge in [0.25, 0.3) is 0 Å². The Bertz CT molecular complexity index is 1070. The highest BCUT2D eigenvalue weighted by Gasteiger charge is 2.70. The van der Waals surface area contributed by atoms with Gasteiger partial charge >= 0.3 is 11.9 Å². The monoisotopic (exact) mass is 512 g/mol. The number of hydrogen-bond donors (Lipinski definition) is 1. The first-order valence-corrected chi connectivity index (χ1v) is 14.6. The van der Waals surface area contributed by atoms with E-state index in [0.717, 1.165) is 44.9 Å². The maximum absolute atomic E-state index is 14.4. The first kappa shape index (κ1) is 26.9. The lowest BCUT2D eigenvalue weighted by molar-refractivity contribution is -0.210. The smallest absolute Gasteiger partial charge is 0.309 e. The Kier molecular flexibility index (Phi) is 5.78. The summed E-state index contributed by atoms with van der Waals surface area (Å²) >= 11 is 0. The molecule has 0 aromatic heterocycles. The number of carbonyl (C=O) groups is 3. The molecule has 5 rings (SSSR count). The van der Waals surface area contributed by atoms with Gasteiger partial charge in [-0.3, -0.25) is 14.4 Å². The lowest BCUT2D eigenvalue weighted by Gasteiger charge is -2.70. The number of ketones is 1. The van der Waals surface area contributed by atoms with Gasteiger partial charge in [-0.05, 0) is 104 Å². The number of allylic oxidation sites excluding steroid dienone is 2. The largest absolute Gasteiger partial charge is 0.481 e. The minimum absolute atomic E-state index is 0.0644. The van der Waals surface area contributed by atoms with Crippen molar-refractivity contribution in [2.24, 2.45) is 50.2 Å². The average molecular weight is 513 g/mol. The summed E-state index contributed by atoms with van der Waals surface area (Å²) in [7, 11) is 0. The lowest BCUT2D eigenvalue weighted by atomic mass is 9.33. The van der Waals surface area contributed by atoms with Crippen molar-refractivity contribution >= 4 is 17.7 Å². The lowest BCUT2D eigenvalue weighted by Crippen LogP contribution is -2.66. The molecule has 5 heteroatoms. The molecule has 0 saturated heterocycles. The van der Waals surface area contributed by atoms with Crippen molar-refractivity contribution in [1.29, 1.82) is 0 Å². The average Bonchev–Trinajstić information content (AvgIpc) is 2.78. The molecule has 5 aliphatic rings. The fourth-order valence-corrected chi connectivity index (χ4v) is 10.8. The van der Waals surface area contributed by atoms with Crippen LogP contribution in [0.5, 0.6) is 0 Å². The van der Waals surface area contributed by atoms with Gasteiger partial charge in [-0.25, -0.2) is 0 Å². The Balaban J connectivity index is 1.58.